The molecule has 1 aromatic rings. The van der Waals surface area contributed by atoms with E-state index < -0.39 is 12.2 Å². The molecule has 1 saturated heterocycles. The highest BCUT2D eigenvalue weighted by atomic mass is 16.3. The molecule has 0 aromatic carbocycles. The molecule has 0 aliphatic carbocycles. The number of aliphatic hydroxyl groups excluding tert-OH is 2. The Morgan fingerprint density at radius 3 is 2.44 bits per heavy atom. The van der Waals surface area contributed by atoms with Crippen molar-refractivity contribution in [2.45, 2.75) is 12.2 Å². The van der Waals surface area contributed by atoms with Gasteiger partial charge >= 0.3 is 0 Å². The molecule has 2 rings (SSSR count). The van der Waals surface area contributed by atoms with Gasteiger partial charge in [-0.3, -0.25) is 4.79 Å². The molecule has 0 bridgehead atoms. The van der Waals surface area contributed by atoms with Gasteiger partial charge in [0.15, 0.2) is 0 Å². The molecule has 86 valence electrons. The molecule has 1 aromatic heterocycles. The first-order chi connectivity index (χ1) is 7.58. The van der Waals surface area contributed by atoms with Crippen molar-refractivity contribution in [1.82, 2.24) is 14.9 Å². The Labute approximate surface area is 91.5 Å². The molecular weight excluding hydrogens is 212 g/mol. The summed E-state index contributed by atoms with van der Waals surface area (Å²) in [4.78, 5) is 20.7. The highest BCUT2D eigenvalue weighted by Gasteiger charge is 2.33. The Morgan fingerprint density at radius 1 is 1.31 bits per heavy atom. The number of amides is 1. The smallest absolute Gasteiger partial charge is 0.274 e. The number of nitrogens with zero attached hydrogens (tertiary/aromatic N) is 3. The van der Waals surface area contributed by atoms with Gasteiger partial charge in [0, 0.05) is 13.1 Å². The molecule has 4 N–H and O–H groups in total. The van der Waals surface area contributed by atoms with E-state index in [9.17, 15) is 15.0 Å². The van der Waals surface area contributed by atoms with Gasteiger partial charge in [-0.1, -0.05) is 0 Å². The minimum absolute atomic E-state index is 0.103. The Bertz CT molecular complexity index is 384. The van der Waals surface area contributed by atoms with Crippen LogP contribution in [0.5, 0.6) is 0 Å². The van der Waals surface area contributed by atoms with E-state index in [0.717, 1.165) is 0 Å². The van der Waals surface area contributed by atoms with Crippen LogP contribution in [0.2, 0.25) is 0 Å². The van der Waals surface area contributed by atoms with Crippen molar-refractivity contribution in [2.75, 3.05) is 18.8 Å². The summed E-state index contributed by atoms with van der Waals surface area (Å²) >= 11 is 0. The summed E-state index contributed by atoms with van der Waals surface area (Å²) in [6, 6.07) is 0. The van der Waals surface area contributed by atoms with Gasteiger partial charge in [-0.15, -0.1) is 0 Å². The van der Waals surface area contributed by atoms with Gasteiger partial charge in [0.1, 0.15) is 11.5 Å². The molecule has 7 heteroatoms. The van der Waals surface area contributed by atoms with Crippen LogP contribution in [0.15, 0.2) is 12.4 Å². The van der Waals surface area contributed by atoms with E-state index >= 15 is 0 Å². The van der Waals surface area contributed by atoms with E-state index in [1.807, 2.05) is 0 Å². The number of hydrogen-bond donors (Lipinski definition) is 3. The van der Waals surface area contributed by atoms with Gasteiger partial charge in [-0.05, 0) is 0 Å². The van der Waals surface area contributed by atoms with E-state index in [2.05, 4.69) is 9.97 Å². The van der Waals surface area contributed by atoms with Gasteiger partial charge in [0.2, 0.25) is 0 Å². The molecule has 1 amide bonds. The Balaban J connectivity index is 2.11. The van der Waals surface area contributed by atoms with Crippen molar-refractivity contribution in [3.8, 4) is 0 Å². The summed E-state index contributed by atoms with van der Waals surface area (Å²) < 4.78 is 0. The number of hydrogen-bond acceptors (Lipinski definition) is 6. The average Bonchev–Trinajstić information content (AvgIpc) is 2.59. The summed E-state index contributed by atoms with van der Waals surface area (Å²) in [7, 11) is 0. The Kier molecular flexibility index (Phi) is 2.71. The van der Waals surface area contributed by atoms with Gasteiger partial charge in [0.25, 0.3) is 5.91 Å². The molecule has 2 unspecified atom stereocenters. The van der Waals surface area contributed by atoms with Crippen molar-refractivity contribution in [2.24, 2.45) is 0 Å². The summed E-state index contributed by atoms with van der Waals surface area (Å²) in [6.45, 7) is 0.206. The molecule has 1 fully saturated rings. The van der Waals surface area contributed by atoms with Crippen LogP contribution in [-0.2, 0) is 0 Å². The molecule has 1 aliphatic rings. The number of carbonyl (C=O) groups is 1. The first-order valence-electron chi connectivity index (χ1n) is 4.81. The van der Waals surface area contributed by atoms with Crippen molar-refractivity contribution in [3.63, 3.8) is 0 Å². The average molecular weight is 224 g/mol. The maximum absolute atomic E-state index is 11.8. The van der Waals surface area contributed by atoms with Crippen molar-refractivity contribution < 1.29 is 15.0 Å². The van der Waals surface area contributed by atoms with Crippen LogP contribution in [0.3, 0.4) is 0 Å². The van der Waals surface area contributed by atoms with Crippen LogP contribution < -0.4 is 5.73 Å². The molecule has 16 heavy (non-hydrogen) atoms. The van der Waals surface area contributed by atoms with Crippen LogP contribution in [-0.4, -0.2) is 56.3 Å². The molecule has 0 spiro atoms. The van der Waals surface area contributed by atoms with E-state index in [1.165, 1.54) is 17.3 Å². The van der Waals surface area contributed by atoms with Crippen molar-refractivity contribution in [1.29, 1.82) is 0 Å². The predicted molar refractivity (Wildman–Crippen MR) is 54.4 cm³/mol. The van der Waals surface area contributed by atoms with Crippen LogP contribution in [0.1, 0.15) is 10.5 Å². The molecule has 7 nitrogen and oxygen atoms in total. The fraction of sp³-hybridized carbons (Fsp3) is 0.444. The van der Waals surface area contributed by atoms with Gasteiger partial charge in [-0.2, -0.15) is 0 Å². The Morgan fingerprint density at radius 2 is 1.94 bits per heavy atom. The van der Waals surface area contributed by atoms with Crippen LogP contribution in [0.25, 0.3) is 0 Å². The second kappa shape index (κ2) is 4.03. The number of aromatic nitrogens is 2. The minimum atomic E-state index is -0.898. The highest BCUT2D eigenvalue weighted by Crippen LogP contribution is 2.12. The Hall–Kier alpha value is -1.73. The number of aliphatic hydroxyl groups is 2. The lowest BCUT2D eigenvalue weighted by Crippen LogP contribution is -2.30. The molecule has 2 heterocycles. The lowest BCUT2D eigenvalue weighted by atomic mass is 10.3. The van der Waals surface area contributed by atoms with E-state index in [0.29, 0.717) is 0 Å². The second-order valence-electron chi connectivity index (χ2n) is 3.67. The first-order valence-corrected chi connectivity index (χ1v) is 4.81. The van der Waals surface area contributed by atoms with E-state index in [1.54, 1.807) is 0 Å². The summed E-state index contributed by atoms with van der Waals surface area (Å²) in [6.07, 6.45) is 0.765. The number of likely N-dealkylation sites (tertiary alicyclic amines) is 1. The third kappa shape index (κ3) is 1.95. The van der Waals surface area contributed by atoms with E-state index in [-0.39, 0.29) is 30.5 Å². The SMILES string of the molecule is Nc1cnc(C(=O)N2CC(O)C(O)C2)cn1. The standard InChI is InChI=1S/C9H12N4O3/c10-8-2-11-5(1-12-8)9(16)13-3-6(14)7(15)4-13/h1-2,6-7,14-15H,3-4H2,(H2,10,12). The molecule has 0 saturated carbocycles. The van der Waals surface area contributed by atoms with Gasteiger partial charge in [-0.25, -0.2) is 9.97 Å². The number of anilines is 1. The number of nitrogens with two attached hydrogens (primary N) is 1. The minimum Gasteiger partial charge on any atom is -0.388 e. The lowest BCUT2D eigenvalue weighted by Gasteiger charge is -2.14. The maximum atomic E-state index is 11.8. The van der Waals surface area contributed by atoms with Crippen molar-refractivity contribution >= 4 is 11.7 Å². The molecule has 1 aliphatic heterocycles. The summed E-state index contributed by atoms with van der Waals surface area (Å²) in [5.41, 5.74) is 5.49. The van der Waals surface area contributed by atoms with Gasteiger partial charge < -0.3 is 20.8 Å². The topological polar surface area (TPSA) is 113 Å². The zero-order valence-electron chi connectivity index (χ0n) is 8.45. The number of rotatable bonds is 1. The number of β-amino-alcohol motifs (C(OH)–C–C–N with tert-alkyl or cyclic N) is 2. The molecule has 0 radical (unpaired) electrons. The highest BCUT2D eigenvalue weighted by molar-refractivity contribution is 5.92. The summed E-state index contributed by atoms with van der Waals surface area (Å²) in [5, 5.41) is 18.6. The monoisotopic (exact) mass is 224 g/mol. The maximum Gasteiger partial charge on any atom is 0.274 e. The fourth-order valence-corrected chi connectivity index (χ4v) is 1.55. The van der Waals surface area contributed by atoms with Crippen LogP contribution in [0, 0.1) is 0 Å². The number of carbonyl (C=O) groups excluding carboxylic acids is 1. The van der Waals surface area contributed by atoms with Gasteiger partial charge in [0.05, 0.1) is 24.6 Å². The largest absolute Gasteiger partial charge is 0.388 e. The summed E-state index contributed by atoms with van der Waals surface area (Å²) in [5.74, 6) is -0.138. The molecular formula is C9H12N4O3. The third-order valence-corrected chi connectivity index (χ3v) is 2.44. The van der Waals surface area contributed by atoms with Crippen molar-refractivity contribution in [3.05, 3.63) is 18.1 Å². The zero-order valence-corrected chi connectivity index (χ0v) is 8.45. The zero-order chi connectivity index (χ0) is 11.7. The van der Waals surface area contributed by atoms with E-state index in [4.69, 9.17) is 5.73 Å². The second-order valence-corrected chi connectivity index (χ2v) is 3.67. The fourth-order valence-electron chi connectivity index (χ4n) is 1.55. The first kappa shape index (κ1) is 10.8. The third-order valence-electron chi connectivity index (χ3n) is 2.44. The molecule has 2 atom stereocenters. The predicted octanol–water partition coefficient (Wildman–Crippen LogP) is -1.76. The normalized spacial score (nSPS) is 24.8. The lowest BCUT2D eigenvalue weighted by molar-refractivity contribution is 0.0572. The van der Waals surface area contributed by atoms with Crippen LogP contribution >= 0.6 is 0 Å². The van der Waals surface area contributed by atoms with Crippen LogP contribution in [0.4, 0.5) is 5.82 Å². The quantitative estimate of drug-likeness (QED) is 0.520. The number of nitrogen functional groups attached to an aromatic ring is 1.